The average Bonchev–Trinajstić information content (AvgIpc) is 3.40. The number of ether oxygens (including phenoxy) is 2. The van der Waals surface area contributed by atoms with Gasteiger partial charge in [0, 0.05) is 23.2 Å². The van der Waals surface area contributed by atoms with Crippen molar-refractivity contribution in [2.45, 2.75) is 23.0 Å². The molecule has 0 amide bonds. The Morgan fingerprint density at radius 3 is 2.75 bits per heavy atom. The summed E-state index contributed by atoms with van der Waals surface area (Å²) in [5.74, 6) is 2.54. The van der Waals surface area contributed by atoms with E-state index in [1.165, 1.54) is 12.3 Å². The van der Waals surface area contributed by atoms with Crippen LogP contribution in [0.15, 0.2) is 59.6 Å². The van der Waals surface area contributed by atoms with Crippen LogP contribution < -0.4 is 14.4 Å². The summed E-state index contributed by atoms with van der Waals surface area (Å²) >= 11 is 0. The SMILES string of the molecule is FC(F)(F)c1cccnc1CN1C2=S3CCOc4ccc5c(c43)C2(CO5)c2ccccc21. The second kappa shape index (κ2) is 6.07. The largest absolute Gasteiger partial charge is 0.492 e. The van der Waals surface area contributed by atoms with Crippen molar-refractivity contribution in [3.8, 4) is 11.5 Å². The van der Waals surface area contributed by atoms with Gasteiger partial charge in [-0.05, 0) is 35.9 Å². The van der Waals surface area contributed by atoms with Gasteiger partial charge in [0.05, 0.1) is 34.3 Å². The van der Waals surface area contributed by atoms with E-state index in [2.05, 4.69) is 16.0 Å². The summed E-state index contributed by atoms with van der Waals surface area (Å²) in [5.41, 5.74) is 2.04. The van der Waals surface area contributed by atoms with Gasteiger partial charge in [0.2, 0.25) is 0 Å². The quantitative estimate of drug-likeness (QED) is 0.513. The fraction of sp³-hybridized carbons (Fsp3) is 0.250. The smallest absolute Gasteiger partial charge is 0.418 e. The predicted molar refractivity (Wildman–Crippen MR) is 116 cm³/mol. The summed E-state index contributed by atoms with van der Waals surface area (Å²) < 4.78 is 53.4. The zero-order chi connectivity index (χ0) is 21.7. The summed E-state index contributed by atoms with van der Waals surface area (Å²) in [5, 5.41) is 0. The molecular weight excluding hydrogens is 437 g/mol. The zero-order valence-corrected chi connectivity index (χ0v) is 17.6. The van der Waals surface area contributed by atoms with Gasteiger partial charge < -0.3 is 14.4 Å². The molecule has 8 heteroatoms. The molecule has 0 saturated carbocycles. The molecule has 0 N–H and O–H groups in total. The van der Waals surface area contributed by atoms with Gasteiger partial charge in [-0.25, -0.2) is 0 Å². The zero-order valence-electron chi connectivity index (χ0n) is 16.8. The van der Waals surface area contributed by atoms with Crippen LogP contribution in [0.2, 0.25) is 0 Å². The molecule has 0 bridgehead atoms. The van der Waals surface area contributed by atoms with Gasteiger partial charge in [-0.3, -0.25) is 4.98 Å². The maximum Gasteiger partial charge on any atom is 0.418 e. The lowest BCUT2D eigenvalue weighted by Crippen LogP contribution is -2.40. The third kappa shape index (κ3) is 2.16. The van der Waals surface area contributed by atoms with Crippen LogP contribution in [0, 0.1) is 0 Å². The van der Waals surface area contributed by atoms with Gasteiger partial charge in [-0.15, -0.1) is 10.5 Å². The molecule has 4 nitrogen and oxygen atoms in total. The lowest BCUT2D eigenvalue weighted by molar-refractivity contribution is -0.138. The first-order valence-corrected chi connectivity index (χ1v) is 11.8. The van der Waals surface area contributed by atoms with E-state index in [0.717, 1.165) is 50.0 Å². The Kier molecular flexibility index (Phi) is 3.52. The Morgan fingerprint density at radius 2 is 1.88 bits per heavy atom. The molecule has 2 unspecified atom stereocenters. The second-order valence-corrected chi connectivity index (χ2v) is 10.3. The van der Waals surface area contributed by atoms with Crippen LogP contribution in [0.4, 0.5) is 18.9 Å². The highest BCUT2D eigenvalue weighted by Crippen LogP contribution is 2.65. The van der Waals surface area contributed by atoms with Gasteiger partial charge in [-0.1, -0.05) is 18.2 Å². The minimum atomic E-state index is -4.46. The molecule has 0 radical (unpaired) electrons. The molecule has 4 aliphatic rings. The second-order valence-electron chi connectivity index (χ2n) is 8.31. The molecular formula is C24H17F3N2O2S. The number of rotatable bonds is 2. The topological polar surface area (TPSA) is 34.6 Å². The number of aromatic nitrogens is 1. The van der Waals surface area contributed by atoms with E-state index in [9.17, 15) is 13.2 Å². The fourth-order valence-corrected chi connectivity index (χ4v) is 8.45. The number of benzene rings is 2. The highest BCUT2D eigenvalue weighted by atomic mass is 32.2. The first-order chi connectivity index (χ1) is 15.5. The highest BCUT2D eigenvalue weighted by Gasteiger charge is 2.60. The van der Waals surface area contributed by atoms with Crippen molar-refractivity contribution in [3.63, 3.8) is 0 Å². The molecule has 2 aromatic carbocycles. The van der Waals surface area contributed by atoms with Crippen molar-refractivity contribution in [1.82, 2.24) is 4.98 Å². The summed E-state index contributed by atoms with van der Waals surface area (Å²) in [6.45, 7) is 1.11. The van der Waals surface area contributed by atoms with Crippen LogP contribution in [0.3, 0.4) is 0 Å². The van der Waals surface area contributed by atoms with Crippen molar-refractivity contribution in [3.05, 3.63) is 77.1 Å². The maximum atomic E-state index is 13.8. The summed E-state index contributed by atoms with van der Waals surface area (Å²) in [6, 6.07) is 14.4. The average molecular weight is 454 g/mol. The van der Waals surface area contributed by atoms with E-state index in [0.29, 0.717) is 13.2 Å². The van der Waals surface area contributed by atoms with Gasteiger partial charge in [0.1, 0.15) is 23.5 Å². The van der Waals surface area contributed by atoms with Gasteiger partial charge in [0.25, 0.3) is 0 Å². The number of hydrogen-bond donors (Lipinski definition) is 0. The van der Waals surface area contributed by atoms with Crippen LogP contribution in [0.5, 0.6) is 11.5 Å². The molecule has 7 rings (SSSR count). The molecule has 32 heavy (non-hydrogen) atoms. The van der Waals surface area contributed by atoms with E-state index in [1.54, 1.807) is 0 Å². The first-order valence-electron chi connectivity index (χ1n) is 10.4. The Balaban J connectivity index is 1.49. The van der Waals surface area contributed by atoms with Crippen molar-refractivity contribution in [1.29, 1.82) is 0 Å². The molecule has 0 saturated heterocycles. The third-order valence-corrected chi connectivity index (χ3v) is 9.26. The number of nitrogens with zero attached hydrogens (tertiary/aromatic N) is 2. The van der Waals surface area contributed by atoms with E-state index in [4.69, 9.17) is 9.47 Å². The standard InChI is InChI=1S/C24H17F3N2O2S/c25-24(26,27)14-5-3-9-28-16(14)12-29-17-6-2-1-4-15(17)23-13-31-18-7-8-19-21(20(18)23)32(22(23)29)11-10-30-19/h1-9H,10-13H2. The molecule has 5 heterocycles. The van der Waals surface area contributed by atoms with E-state index >= 15 is 0 Å². The monoisotopic (exact) mass is 454 g/mol. The van der Waals surface area contributed by atoms with E-state index in [-0.39, 0.29) is 22.7 Å². The first kappa shape index (κ1) is 18.6. The third-order valence-electron chi connectivity index (χ3n) is 6.75. The lowest BCUT2D eigenvalue weighted by atomic mass is 9.78. The van der Waals surface area contributed by atoms with Gasteiger partial charge >= 0.3 is 6.18 Å². The minimum Gasteiger partial charge on any atom is -0.492 e. The number of pyridine rings is 1. The predicted octanol–water partition coefficient (Wildman–Crippen LogP) is 4.96. The number of fused-ring (bicyclic) bond motifs is 1. The molecule has 1 aromatic heterocycles. The lowest BCUT2D eigenvalue weighted by Gasteiger charge is -2.28. The number of alkyl halides is 3. The molecule has 0 aliphatic carbocycles. The van der Waals surface area contributed by atoms with E-state index in [1.807, 2.05) is 30.3 Å². The van der Waals surface area contributed by atoms with Crippen LogP contribution in [0.1, 0.15) is 22.4 Å². The van der Waals surface area contributed by atoms with Gasteiger partial charge in [-0.2, -0.15) is 13.2 Å². The summed E-state index contributed by atoms with van der Waals surface area (Å²) in [7, 11) is -0.267. The normalized spacial score (nSPS) is 24.0. The Bertz CT molecular complexity index is 1350. The van der Waals surface area contributed by atoms with Crippen LogP contribution in [-0.2, 0) is 18.1 Å². The van der Waals surface area contributed by atoms with Crippen LogP contribution >= 0.6 is 10.5 Å². The molecule has 1 spiro atoms. The Morgan fingerprint density at radius 1 is 1.03 bits per heavy atom. The molecule has 4 aliphatic heterocycles. The molecule has 3 aromatic rings. The minimum absolute atomic E-state index is 0.0338. The Hall–Kier alpha value is -3.00. The maximum absolute atomic E-state index is 13.8. The Labute approximate surface area is 184 Å². The van der Waals surface area contributed by atoms with E-state index < -0.39 is 17.2 Å². The number of hydrogen-bond acceptors (Lipinski definition) is 4. The van der Waals surface area contributed by atoms with Gasteiger partial charge in [0.15, 0.2) is 0 Å². The number of halogens is 3. The highest BCUT2D eigenvalue weighted by molar-refractivity contribution is 8.16. The van der Waals surface area contributed by atoms with Crippen molar-refractivity contribution in [2.75, 3.05) is 23.9 Å². The fourth-order valence-electron chi connectivity index (χ4n) is 5.59. The van der Waals surface area contributed by atoms with Crippen molar-refractivity contribution >= 4 is 21.2 Å². The van der Waals surface area contributed by atoms with Crippen LogP contribution in [-0.4, -0.2) is 28.9 Å². The van der Waals surface area contributed by atoms with Crippen LogP contribution in [0.25, 0.3) is 0 Å². The molecule has 2 atom stereocenters. The molecule has 162 valence electrons. The number of para-hydroxylation sites is 1. The summed E-state index contributed by atoms with van der Waals surface area (Å²) in [4.78, 5) is 8.53. The van der Waals surface area contributed by atoms with Crippen molar-refractivity contribution < 1.29 is 22.6 Å². The number of anilines is 1. The summed E-state index contributed by atoms with van der Waals surface area (Å²) in [6.07, 6.45) is -3.02. The molecule has 0 fully saturated rings. The van der Waals surface area contributed by atoms with Crippen molar-refractivity contribution in [2.24, 2.45) is 0 Å².